The summed E-state index contributed by atoms with van der Waals surface area (Å²) >= 11 is 0. The summed E-state index contributed by atoms with van der Waals surface area (Å²) in [5.74, 6) is 0.636. The number of carbonyl (C=O) groups excluding carboxylic acids is 2. The number of amides is 2. The highest BCUT2D eigenvalue weighted by Crippen LogP contribution is 2.24. The van der Waals surface area contributed by atoms with Gasteiger partial charge in [-0.2, -0.15) is 0 Å². The molecule has 1 aromatic heterocycles. The van der Waals surface area contributed by atoms with Gasteiger partial charge in [0.2, 0.25) is 5.91 Å². The molecule has 0 radical (unpaired) electrons. The Kier molecular flexibility index (Phi) is 5.84. The molecule has 1 aliphatic rings. The van der Waals surface area contributed by atoms with Crippen molar-refractivity contribution in [3.05, 3.63) is 48.0 Å². The summed E-state index contributed by atoms with van der Waals surface area (Å²) in [7, 11) is 0. The van der Waals surface area contributed by atoms with Crippen molar-refractivity contribution >= 4 is 28.5 Å². The average molecular weight is 405 g/mol. The summed E-state index contributed by atoms with van der Waals surface area (Å²) in [6, 6.07) is 13.4. The summed E-state index contributed by atoms with van der Waals surface area (Å²) in [6.45, 7) is 3.73. The summed E-state index contributed by atoms with van der Waals surface area (Å²) in [6.07, 6.45) is 5.77. The molecule has 6 nitrogen and oxygen atoms in total. The lowest BCUT2D eigenvalue weighted by molar-refractivity contribution is -0.118. The number of imidazole rings is 1. The second-order valence-electron chi connectivity index (χ2n) is 8.35. The molecular formula is C24H28N4O2. The van der Waals surface area contributed by atoms with E-state index in [1.54, 1.807) is 0 Å². The van der Waals surface area contributed by atoms with Crippen molar-refractivity contribution in [2.45, 2.75) is 52.0 Å². The highest BCUT2D eigenvalue weighted by Gasteiger charge is 2.17. The molecule has 1 fully saturated rings. The van der Waals surface area contributed by atoms with Crippen LogP contribution in [0, 0.1) is 5.92 Å². The van der Waals surface area contributed by atoms with Crippen LogP contribution in [0.15, 0.2) is 42.5 Å². The van der Waals surface area contributed by atoms with E-state index in [1.165, 1.54) is 19.3 Å². The number of nitrogens with zero attached hydrogens (tertiary/aromatic N) is 1. The number of hydrogen-bond acceptors (Lipinski definition) is 3. The Hall–Kier alpha value is -3.15. The first-order valence-electron chi connectivity index (χ1n) is 10.7. The molecule has 2 amide bonds. The normalized spacial score (nSPS) is 14.8. The van der Waals surface area contributed by atoms with Gasteiger partial charge < -0.3 is 15.6 Å². The zero-order valence-electron chi connectivity index (χ0n) is 17.5. The van der Waals surface area contributed by atoms with E-state index in [0.717, 1.165) is 41.0 Å². The molecular weight excluding hydrogens is 376 g/mol. The van der Waals surface area contributed by atoms with Gasteiger partial charge in [-0.1, -0.05) is 33.1 Å². The van der Waals surface area contributed by atoms with Gasteiger partial charge in [-0.15, -0.1) is 0 Å². The van der Waals surface area contributed by atoms with Gasteiger partial charge in [-0.05, 0) is 55.3 Å². The topological polar surface area (TPSA) is 86.9 Å². The first-order chi connectivity index (χ1) is 14.5. The molecule has 6 heteroatoms. The summed E-state index contributed by atoms with van der Waals surface area (Å²) in [5.41, 5.74) is 3.97. The zero-order valence-corrected chi connectivity index (χ0v) is 17.5. The predicted molar refractivity (Wildman–Crippen MR) is 119 cm³/mol. The van der Waals surface area contributed by atoms with Gasteiger partial charge in [0.25, 0.3) is 5.91 Å². The highest BCUT2D eigenvalue weighted by atomic mass is 16.2. The fourth-order valence-corrected chi connectivity index (χ4v) is 3.80. The Morgan fingerprint density at radius 1 is 1.03 bits per heavy atom. The lowest BCUT2D eigenvalue weighted by Crippen LogP contribution is -2.36. The van der Waals surface area contributed by atoms with Crippen LogP contribution in [0.4, 0.5) is 5.69 Å². The van der Waals surface area contributed by atoms with Crippen molar-refractivity contribution in [1.29, 1.82) is 0 Å². The van der Waals surface area contributed by atoms with E-state index in [1.807, 2.05) is 56.3 Å². The van der Waals surface area contributed by atoms with Gasteiger partial charge in [0.1, 0.15) is 5.82 Å². The second kappa shape index (κ2) is 8.69. The molecule has 0 aliphatic heterocycles. The van der Waals surface area contributed by atoms with E-state index >= 15 is 0 Å². The largest absolute Gasteiger partial charge is 0.349 e. The van der Waals surface area contributed by atoms with Crippen molar-refractivity contribution in [2.24, 2.45) is 5.92 Å². The summed E-state index contributed by atoms with van der Waals surface area (Å²) < 4.78 is 0. The predicted octanol–water partition coefficient (Wildman–Crippen LogP) is 4.89. The Morgan fingerprint density at radius 3 is 2.47 bits per heavy atom. The molecule has 1 heterocycles. The number of hydrogen-bond donors (Lipinski definition) is 3. The molecule has 0 atom stereocenters. The SMILES string of the molecule is CC(C)C(=O)Nc1ccc(-c2nc3ccc(C(=O)NC4CCCCC4)cc3[nH]2)cc1. The third kappa shape index (κ3) is 4.53. The molecule has 0 spiro atoms. The molecule has 2 aromatic carbocycles. The van der Waals surface area contributed by atoms with Gasteiger partial charge in [0, 0.05) is 28.8 Å². The number of fused-ring (bicyclic) bond motifs is 1. The van der Waals surface area contributed by atoms with E-state index in [4.69, 9.17) is 0 Å². The van der Waals surface area contributed by atoms with Crippen LogP contribution in [0.1, 0.15) is 56.3 Å². The molecule has 0 bridgehead atoms. The first kappa shape index (κ1) is 20.1. The Balaban J connectivity index is 1.49. The summed E-state index contributed by atoms with van der Waals surface area (Å²) in [4.78, 5) is 32.4. The van der Waals surface area contributed by atoms with Crippen LogP contribution >= 0.6 is 0 Å². The molecule has 1 saturated carbocycles. The fraction of sp³-hybridized carbons (Fsp3) is 0.375. The molecule has 3 N–H and O–H groups in total. The van der Waals surface area contributed by atoms with Crippen LogP contribution in [-0.2, 0) is 4.79 Å². The van der Waals surface area contributed by atoms with E-state index < -0.39 is 0 Å². The van der Waals surface area contributed by atoms with Gasteiger partial charge in [-0.3, -0.25) is 9.59 Å². The smallest absolute Gasteiger partial charge is 0.251 e. The molecule has 3 aromatic rings. The quantitative estimate of drug-likeness (QED) is 0.566. The van der Waals surface area contributed by atoms with Crippen LogP contribution in [0.2, 0.25) is 0 Å². The van der Waals surface area contributed by atoms with Crippen LogP contribution in [0.5, 0.6) is 0 Å². The third-order valence-corrected chi connectivity index (χ3v) is 5.63. The Labute approximate surface area is 176 Å². The van der Waals surface area contributed by atoms with Crippen LogP contribution in [0.25, 0.3) is 22.4 Å². The van der Waals surface area contributed by atoms with Crippen LogP contribution in [-0.4, -0.2) is 27.8 Å². The number of carbonyl (C=O) groups is 2. The van der Waals surface area contributed by atoms with Crippen molar-refractivity contribution in [3.8, 4) is 11.4 Å². The number of H-pyrrole nitrogens is 1. The standard InChI is InChI=1S/C24H28N4O2/c1-15(2)23(29)25-19-11-8-16(9-12-19)22-27-20-13-10-17(14-21(20)28-22)24(30)26-18-6-4-3-5-7-18/h8-15,18H,3-7H2,1-2H3,(H,25,29)(H,26,30)(H,27,28). The number of nitrogens with one attached hydrogen (secondary N) is 3. The maximum absolute atomic E-state index is 12.6. The van der Waals surface area contributed by atoms with E-state index in [9.17, 15) is 9.59 Å². The van der Waals surface area contributed by atoms with Gasteiger partial charge in [-0.25, -0.2) is 4.98 Å². The van der Waals surface area contributed by atoms with E-state index in [-0.39, 0.29) is 23.8 Å². The first-order valence-corrected chi connectivity index (χ1v) is 10.7. The monoisotopic (exact) mass is 404 g/mol. The highest BCUT2D eigenvalue weighted by molar-refractivity contribution is 5.98. The van der Waals surface area contributed by atoms with Gasteiger partial charge >= 0.3 is 0 Å². The molecule has 30 heavy (non-hydrogen) atoms. The van der Waals surface area contributed by atoms with Crippen LogP contribution < -0.4 is 10.6 Å². The summed E-state index contributed by atoms with van der Waals surface area (Å²) in [5, 5.41) is 6.05. The molecule has 156 valence electrons. The maximum atomic E-state index is 12.6. The molecule has 4 rings (SSSR count). The van der Waals surface area contributed by atoms with Gasteiger partial charge in [0.05, 0.1) is 11.0 Å². The minimum atomic E-state index is -0.0652. The number of benzene rings is 2. The van der Waals surface area contributed by atoms with Crippen molar-refractivity contribution in [2.75, 3.05) is 5.32 Å². The van der Waals surface area contributed by atoms with Crippen molar-refractivity contribution in [1.82, 2.24) is 15.3 Å². The van der Waals surface area contributed by atoms with E-state index in [0.29, 0.717) is 5.56 Å². The lowest BCUT2D eigenvalue weighted by atomic mass is 9.95. The molecule has 0 unspecified atom stereocenters. The maximum Gasteiger partial charge on any atom is 0.251 e. The minimum absolute atomic E-state index is 0.00878. The second-order valence-corrected chi connectivity index (χ2v) is 8.35. The zero-order chi connectivity index (χ0) is 21.1. The number of rotatable bonds is 5. The van der Waals surface area contributed by atoms with Crippen LogP contribution in [0.3, 0.4) is 0 Å². The fourth-order valence-electron chi connectivity index (χ4n) is 3.80. The lowest BCUT2D eigenvalue weighted by Gasteiger charge is -2.22. The minimum Gasteiger partial charge on any atom is -0.349 e. The average Bonchev–Trinajstić information content (AvgIpc) is 3.18. The third-order valence-electron chi connectivity index (χ3n) is 5.63. The van der Waals surface area contributed by atoms with Crippen molar-refractivity contribution < 1.29 is 9.59 Å². The van der Waals surface area contributed by atoms with Crippen molar-refractivity contribution in [3.63, 3.8) is 0 Å². The molecule has 0 saturated heterocycles. The number of aromatic nitrogens is 2. The Bertz CT molecular complexity index is 1050. The van der Waals surface area contributed by atoms with E-state index in [2.05, 4.69) is 20.6 Å². The van der Waals surface area contributed by atoms with Gasteiger partial charge in [0.15, 0.2) is 0 Å². The Morgan fingerprint density at radius 2 is 1.77 bits per heavy atom. The number of anilines is 1. The number of aromatic amines is 1. The molecule has 1 aliphatic carbocycles.